The van der Waals surface area contributed by atoms with E-state index in [2.05, 4.69) is 21.2 Å². The van der Waals surface area contributed by atoms with Gasteiger partial charge in [0.15, 0.2) is 0 Å². The van der Waals surface area contributed by atoms with Crippen molar-refractivity contribution in [2.24, 2.45) is 0 Å². The lowest BCUT2D eigenvalue weighted by molar-refractivity contribution is -0.282. The molecule has 23 heavy (non-hydrogen) atoms. The van der Waals surface area contributed by atoms with Crippen molar-refractivity contribution >= 4 is 7.82 Å². The van der Waals surface area contributed by atoms with Crippen molar-refractivity contribution in [3.05, 3.63) is 35.4 Å². The van der Waals surface area contributed by atoms with Crippen LogP contribution in [-0.2, 0) is 20.0 Å². The maximum atomic E-state index is 11.9. The van der Waals surface area contributed by atoms with Crippen molar-refractivity contribution in [1.29, 1.82) is 0 Å². The van der Waals surface area contributed by atoms with Gasteiger partial charge in [0.2, 0.25) is 0 Å². The Labute approximate surface area is 133 Å². The Bertz CT molecular complexity index is 539. The van der Waals surface area contributed by atoms with Crippen LogP contribution in [0.1, 0.15) is 49.1 Å². The molecular weight excluding hydrogens is 332 g/mol. The van der Waals surface area contributed by atoms with Crippen molar-refractivity contribution < 1.29 is 31.7 Å². The van der Waals surface area contributed by atoms with E-state index in [0.717, 1.165) is 5.56 Å². The molecule has 1 fully saturated rings. The van der Waals surface area contributed by atoms with Gasteiger partial charge in [-0.25, -0.2) is 4.57 Å². The molecule has 0 heterocycles. The Hall–Kier alpha value is -0.880. The standard InChI is InChI=1S/C15H20F3O4P/c16-15(17,18)22-23(19,20)21-11-3-4-12-7-9-14(10-8-12)13-5-1-2-6-13/h7-10,13H,1-6,11H2,(H,19,20). The van der Waals surface area contributed by atoms with E-state index in [1.165, 1.54) is 31.2 Å². The van der Waals surface area contributed by atoms with Gasteiger partial charge < -0.3 is 4.89 Å². The second-order valence-electron chi connectivity index (χ2n) is 5.67. The Morgan fingerprint density at radius 1 is 1.17 bits per heavy atom. The Morgan fingerprint density at radius 2 is 1.78 bits per heavy atom. The summed E-state index contributed by atoms with van der Waals surface area (Å²) in [7, 11) is -5.08. The zero-order valence-electron chi connectivity index (χ0n) is 12.6. The van der Waals surface area contributed by atoms with Gasteiger partial charge in [0, 0.05) is 0 Å². The molecule has 1 atom stereocenters. The summed E-state index contributed by atoms with van der Waals surface area (Å²) in [6.45, 7) is -0.283. The van der Waals surface area contributed by atoms with Crippen molar-refractivity contribution in [2.75, 3.05) is 6.61 Å². The summed E-state index contributed by atoms with van der Waals surface area (Å²) in [5.74, 6) is 0.632. The minimum Gasteiger partial charge on any atom is -0.302 e. The Morgan fingerprint density at radius 3 is 2.35 bits per heavy atom. The fourth-order valence-electron chi connectivity index (χ4n) is 2.83. The van der Waals surface area contributed by atoms with Gasteiger partial charge in [0.25, 0.3) is 0 Å². The maximum absolute atomic E-state index is 11.9. The molecule has 1 N–H and O–H groups in total. The first-order chi connectivity index (χ1) is 10.8. The summed E-state index contributed by atoms with van der Waals surface area (Å²) < 4.78 is 53.9. The van der Waals surface area contributed by atoms with Crippen LogP contribution in [0.2, 0.25) is 0 Å². The lowest BCUT2D eigenvalue weighted by Crippen LogP contribution is -2.12. The van der Waals surface area contributed by atoms with Crippen LogP contribution in [-0.4, -0.2) is 17.9 Å². The van der Waals surface area contributed by atoms with E-state index in [1.54, 1.807) is 0 Å². The monoisotopic (exact) mass is 352 g/mol. The molecular formula is C15H20F3O4P. The van der Waals surface area contributed by atoms with Crippen LogP contribution in [0.4, 0.5) is 13.2 Å². The number of benzene rings is 1. The zero-order valence-corrected chi connectivity index (χ0v) is 13.5. The normalized spacial score (nSPS) is 19.0. The molecule has 0 amide bonds. The predicted molar refractivity (Wildman–Crippen MR) is 78.9 cm³/mol. The number of alkyl halides is 3. The first kappa shape index (κ1) is 18.5. The van der Waals surface area contributed by atoms with E-state index in [0.29, 0.717) is 18.8 Å². The Balaban J connectivity index is 1.73. The summed E-state index contributed by atoms with van der Waals surface area (Å²) >= 11 is 0. The van der Waals surface area contributed by atoms with Crippen molar-refractivity contribution in [2.45, 2.75) is 50.8 Å². The van der Waals surface area contributed by atoms with Gasteiger partial charge in [-0.05, 0) is 42.7 Å². The quantitative estimate of drug-likeness (QED) is 0.558. The highest BCUT2D eigenvalue weighted by Crippen LogP contribution is 2.48. The molecule has 1 aliphatic rings. The van der Waals surface area contributed by atoms with Crippen molar-refractivity contribution in [3.8, 4) is 0 Å². The number of rotatable bonds is 7. The maximum Gasteiger partial charge on any atom is 0.531 e. The molecule has 0 aromatic heterocycles. The minimum absolute atomic E-state index is 0.283. The van der Waals surface area contributed by atoms with Gasteiger partial charge in [-0.3, -0.25) is 4.52 Å². The molecule has 0 saturated heterocycles. The molecule has 130 valence electrons. The topological polar surface area (TPSA) is 55.8 Å². The molecule has 2 rings (SSSR count). The van der Waals surface area contributed by atoms with Gasteiger partial charge in [-0.15, -0.1) is 13.2 Å². The second-order valence-corrected chi connectivity index (χ2v) is 7.04. The van der Waals surface area contributed by atoms with Gasteiger partial charge in [-0.1, -0.05) is 37.1 Å². The summed E-state index contributed by atoms with van der Waals surface area (Å²) in [5.41, 5.74) is 2.33. The number of phosphoric acid groups is 1. The molecule has 4 nitrogen and oxygen atoms in total. The summed E-state index contributed by atoms with van der Waals surface area (Å²) in [4.78, 5) is 8.90. The molecule has 1 aromatic rings. The third-order valence-electron chi connectivity index (χ3n) is 3.89. The zero-order chi connectivity index (χ0) is 16.9. The van der Waals surface area contributed by atoms with Crippen molar-refractivity contribution in [3.63, 3.8) is 0 Å². The highest BCUT2D eigenvalue weighted by molar-refractivity contribution is 7.47. The SMILES string of the molecule is O=P(O)(OCCCc1ccc(C2CCCC2)cc1)OC(F)(F)F. The van der Waals surface area contributed by atoms with Gasteiger partial charge in [0.1, 0.15) is 0 Å². The second kappa shape index (κ2) is 7.79. The third kappa shape index (κ3) is 6.63. The average molecular weight is 352 g/mol. The lowest BCUT2D eigenvalue weighted by Gasteiger charge is -2.13. The van der Waals surface area contributed by atoms with Crippen LogP contribution >= 0.6 is 7.82 Å². The first-order valence-corrected chi connectivity index (χ1v) is 9.08. The van der Waals surface area contributed by atoms with E-state index in [4.69, 9.17) is 4.89 Å². The molecule has 1 unspecified atom stereocenters. The van der Waals surface area contributed by atoms with E-state index in [1.807, 2.05) is 12.1 Å². The molecule has 0 radical (unpaired) electrons. The van der Waals surface area contributed by atoms with E-state index >= 15 is 0 Å². The average Bonchev–Trinajstić information content (AvgIpc) is 2.96. The van der Waals surface area contributed by atoms with Crippen LogP contribution in [0.5, 0.6) is 0 Å². The summed E-state index contributed by atoms with van der Waals surface area (Å²) in [6, 6.07) is 8.13. The number of hydrogen-bond donors (Lipinski definition) is 1. The number of halogens is 3. The first-order valence-electron chi connectivity index (χ1n) is 7.59. The number of phosphoric ester groups is 1. The fourth-order valence-corrected chi connectivity index (χ4v) is 3.50. The highest BCUT2D eigenvalue weighted by atomic mass is 31.2. The third-order valence-corrected chi connectivity index (χ3v) is 4.84. The van der Waals surface area contributed by atoms with E-state index in [9.17, 15) is 17.7 Å². The number of aryl methyl sites for hydroxylation is 1. The number of hydrogen-bond acceptors (Lipinski definition) is 3. The Kier molecular flexibility index (Phi) is 6.26. The molecule has 0 aliphatic heterocycles. The van der Waals surface area contributed by atoms with Crippen LogP contribution in [0.25, 0.3) is 0 Å². The smallest absolute Gasteiger partial charge is 0.302 e. The van der Waals surface area contributed by atoms with Crippen molar-refractivity contribution in [1.82, 2.24) is 0 Å². The minimum atomic E-state index is -5.19. The largest absolute Gasteiger partial charge is 0.531 e. The van der Waals surface area contributed by atoms with E-state index < -0.39 is 14.2 Å². The van der Waals surface area contributed by atoms with Crippen LogP contribution in [0.15, 0.2) is 24.3 Å². The molecule has 1 aromatic carbocycles. The van der Waals surface area contributed by atoms with Gasteiger partial charge >= 0.3 is 14.2 Å². The van der Waals surface area contributed by atoms with Gasteiger partial charge in [0.05, 0.1) is 6.61 Å². The van der Waals surface area contributed by atoms with Crippen LogP contribution in [0, 0.1) is 0 Å². The van der Waals surface area contributed by atoms with Gasteiger partial charge in [-0.2, -0.15) is 4.52 Å². The van der Waals surface area contributed by atoms with Crippen LogP contribution in [0.3, 0.4) is 0 Å². The highest BCUT2D eigenvalue weighted by Gasteiger charge is 2.40. The molecule has 1 aliphatic carbocycles. The summed E-state index contributed by atoms with van der Waals surface area (Å²) in [6.07, 6.45) is 0.665. The molecule has 8 heteroatoms. The lowest BCUT2D eigenvalue weighted by atomic mass is 9.96. The molecule has 0 spiro atoms. The predicted octanol–water partition coefficient (Wildman–Crippen LogP) is 4.93. The molecule has 0 bridgehead atoms. The molecule has 1 saturated carbocycles. The van der Waals surface area contributed by atoms with Crippen LogP contribution < -0.4 is 0 Å². The summed E-state index contributed by atoms with van der Waals surface area (Å²) in [5, 5.41) is 0. The fraction of sp³-hybridized carbons (Fsp3) is 0.600. The van der Waals surface area contributed by atoms with E-state index in [-0.39, 0.29) is 6.61 Å².